The lowest BCUT2D eigenvalue weighted by atomic mass is 10.0. The van der Waals surface area contributed by atoms with Crippen molar-refractivity contribution >= 4 is 5.91 Å². The molecule has 3 N–H and O–H groups in total. The number of hydrogen-bond donors (Lipinski definition) is 2. The van der Waals surface area contributed by atoms with Crippen molar-refractivity contribution < 1.29 is 13.9 Å². The average molecular weight is 240 g/mol. The van der Waals surface area contributed by atoms with Gasteiger partial charge in [0.25, 0.3) is 0 Å². The fourth-order valence-electron chi connectivity index (χ4n) is 1.38. The van der Waals surface area contributed by atoms with Crippen LogP contribution in [0, 0.1) is 5.82 Å². The van der Waals surface area contributed by atoms with Crippen LogP contribution in [0.15, 0.2) is 24.3 Å². The van der Waals surface area contributed by atoms with Crippen LogP contribution in [0.3, 0.4) is 0 Å². The molecule has 0 bridgehead atoms. The molecule has 0 spiro atoms. The SMILES string of the molecule is CCNC(C)(COc1ccccc1F)C(N)=O. The number of hydrogen-bond acceptors (Lipinski definition) is 3. The van der Waals surface area contributed by atoms with Crippen LogP contribution >= 0.6 is 0 Å². The molecule has 0 saturated heterocycles. The maximum absolute atomic E-state index is 13.3. The zero-order valence-corrected chi connectivity index (χ0v) is 10.00. The van der Waals surface area contributed by atoms with E-state index in [2.05, 4.69) is 5.32 Å². The summed E-state index contributed by atoms with van der Waals surface area (Å²) in [6, 6.07) is 6.03. The van der Waals surface area contributed by atoms with Crippen LogP contribution in [0.2, 0.25) is 0 Å². The third-order valence-electron chi connectivity index (χ3n) is 2.46. The van der Waals surface area contributed by atoms with Crippen molar-refractivity contribution in [1.82, 2.24) is 5.32 Å². The van der Waals surface area contributed by atoms with E-state index < -0.39 is 17.3 Å². The number of para-hydroxylation sites is 1. The van der Waals surface area contributed by atoms with Crippen molar-refractivity contribution in [2.45, 2.75) is 19.4 Å². The monoisotopic (exact) mass is 240 g/mol. The maximum Gasteiger partial charge on any atom is 0.240 e. The zero-order chi connectivity index (χ0) is 12.9. The standard InChI is InChI=1S/C12H17FN2O2/c1-3-15-12(2,11(14)16)8-17-10-7-5-4-6-9(10)13/h4-7,15H,3,8H2,1-2H3,(H2,14,16). The second-order valence-electron chi connectivity index (χ2n) is 3.95. The highest BCUT2D eigenvalue weighted by molar-refractivity contribution is 5.84. The molecule has 1 rings (SSSR count). The minimum atomic E-state index is -1.00. The molecule has 1 amide bonds. The van der Waals surface area contributed by atoms with Gasteiger partial charge in [0.05, 0.1) is 0 Å². The van der Waals surface area contributed by atoms with Crippen molar-refractivity contribution in [3.8, 4) is 5.75 Å². The third-order valence-corrected chi connectivity index (χ3v) is 2.46. The molecule has 0 aromatic heterocycles. The number of halogens is 1. The Morgan fingerprint density at radius 1 is 1.53 bits per heavy atom. The third kappa shape index (κ3) is 3.42. The predicted molar refractivity (Wildman–Crippen MR) is 63.2 cm³/mol. The van der Waals surface area contributed by atoms with Gasteiger partial charge in [-0.15, -0.1) is 0 Å². The summed E-state index contributed by atoms with van der Waals surface area (Å²) in [5.41, 5.74) is 4.28. The van der Waals surface area contributed by atoms with Crippen LogP contribution in [0.1, 0.15) is 13.8 Å². The Bertz CT molecular complexity index is 398. The number of carbonyl (C=O) groups is 1. The van der Waals surface area contributed by atoms with E-state index in [1.165, 1.54) is 12.1 Å². The van der Waals surface area contributed by atoms with Crippen molar-refractivity contribution in [2.24, 2.45) is 5.73 Å². The number of ether oxygens (including phenoxy) is 1. The van der Waals surface area contributed by atoms with Crippen LogP contribution in [-0.4, -0.2) is 24.6 Å². The normalized spacial score (nSPS) is 14.1. The summed E-state index contributed by atoms with van der Waals surface area (Å²) >= 11 is 0. The molecule has 0 heterocycles. The highest BCUT2D eigenvalue weighted by Gasteiger charge is 2.31. The first-order chi connectivity index (χ1) is 7.99. The van der Waals surface area contributed by atoms with E-state index in [9.17, 15) is 9.18 Å². The van der Waals surface area contributed by atoms with E-state index in [1.807, 2.05) is 6.92 Å². The van der Waals surface area contributed by atoms with E-state index in [4.69, 9.17) is 10.5 Å². The summed E-state index contributed by atoms with van der Waals surface area (Å²) in [7, 11) is 0. The first-order valence-corrected chi connectivity index (χ1v) is 5.42. The van der Waals surface area contributed by atoms with E-state index in [0.717, 1.165) is 0 Å². The molecule has 17 heavy (non-hydrogen) atoms. The van der Waals surface area contributed by atoms with Gasteiger partial charge in [-0.05, 0) is 25.6 Å². The smallest absolute Gasteiger partial charge is 0.240 e. The van der Waals surface area contributed by atoms with Crippen LogP contribution in [-0.2, 0) is 4.79 Å². The molecule has 0 fully saturated rings. The quantitative estimate of drug-likeness (QED) is 0.781. The lowest BCUT2D eigenvalue weighted by Crippen LogP contribution is -2.57. The van der Waals surface area contributed by atoms with Gasteiger partial charge in [0, 0.05) is 0 Å². The number of benzene rings is 1. The lowest BCUT2D eigenvalue weighted by molar-refractivity contribution is -0.124. The van der Waals surface area contributed by atoms with Gasteiger partial charge in [-0.25, -0.2) is 4.39 Å². The van der Waals surface area contributed by atoms with Crippen molar-refractivity contribution in [3.05, 3.63) is 30.1 Å². The first-order valence-electron chi connectivity index (χ1n) is 5.42. The van der Waals surface area contributed by atoms with Gasteiger partial charge in [-0.2, -0.15) is 0 Å². The molecule has 0 radical (unpaired) electrons. The Balaban J connectivity index is 2.71. The molecule has 0 aliphatic rings. The molecule has 1 aromatic rings. The second-order valence-corrected chi connectivity index (χ2v) is 3.95. The highest BCUT2D eigenvalue weighted by Crippen LogP contribution is 2.17. The van der Waals surface area contributed by atoms with Gasteiger partial charge >= 0.3 is 0 Å². The molecule has 0 aliphatic heterocycles. The maximum atomic E-state index is 13.3. The Morgan fingerprint density at radius 3 is 2.71 bits per heavy atom. The number of amides is 1. The van der Waals surface area contributed by atoms with E-state index in [0.29, 0.717) is 6.54 Å². The molecule has 4 nitrogen and oxygen atoms in total. The number of rotatable bonds is 6. The highest BCUT2D eigenvalue weighted by atomic mass is 19.1. The number of likely N-dealkylation sites (N-methyl/N-ethyl adjacent to an activating group) is 1. The molecule has 94 valence electrons. The number of primary amides is 1. The fraction of sp³-hybridized carbons (Fsp3) is 0.417. The summed E-state index contributed by atoms with van der Waals surface area (Å²) in [6.07, 6.45) is 0. The topological polar surface area (TPSA) is 64.3 Å². The first kappa shape index (κ1) is 13.4. The predicted octanol–water partition coefficient (Wildman–Crippen LogP) is 1.06. The molecule has 1 aromatic carbocycles. The summed E-state index contributed by atoms with van der Waals surface area (Å²) in [6.45, 7) is 4.03. The number of nitrogens with two attached hydrogens (primary N) is 1. The minimum Gasteiger partial charge on any atom is -0.488 e. The summed E-state index contributed by atoms with van der Waals surface area (Å²) < 4.78 is 18.6. The van der Waals surface area contributed by atoms with Gasteiger partial charge in [0.2, 0.25) is 5.91 Å². The number of carbonyl (C=O) groups excluding carboxylic acids is 1. The largest absolute Gasteiger partial charge is 0.488 e. The van der Waals surface area contributed by atoms with Crippen LogP contribution < -0.4 is 15.8 Å². The Kier molecular flexibility index (Phi) is 4.45. The summed E-state index contributed by atoms with van der Waals surface area (Å²) in [5, 5.41) is 2.93. The van der Waals surface area contributed by atoms with Gasteiger partial charge in [0.15, 0.2) is 11.6 Å². The molecule has 0 saturated carbocycles. The molecule has 5 heteroatoms. The molecule has 1 unspecified atom stereocenters. The van der Waals surface area contributed by atoms with Gasteiger partial charge in [0.1, 0.15) is 12.1 Å². The van der Waals surface area contributed by atoms with Gasteiger partial charge in [-0.1, -0.05) is 19.1 Å². The Morgan fingerprint density at radius 2 is 2.18 bits per heavy atom. The van der Waals surface area contributed by atoms with Crippen molar-refractivity contribution in [2.75, 3.05) is 13.2 Å². The van der Waals surface area contributed by atoms with E-state index in [-0.39, 0.29) is 12.4 Å². The molecular weight excluding hydrogens is 223 g/mol. The van der Waals surface area contributed by atoms with Gasteiger partial charge < -0.3 is 15.8 Å². The zero-order valence-electron chi connectivity index (χ0n) is 10.00. The van der Waals surface area contributed by atoms with Crippen molar-refractivity contribution in [1.29, 1.82) is 0 Å². The summed E-state index contributed by atoms with van der Waals surface area (Å²) in [5.74, 6) is -0.885. The minimum absolute atomic E-state index is 0.0168. The average Bonchev–Trinajstić information content (AvgIpc) is 2.28. The van der Waals surface area contributed by atoms with Gasteiger partial charge in [-0.3, -0.25) is 4.79 Å². The molecular formula is C12H17FN2O2. The number of nitrogens with one attached hydrogen (secondary N) is 1. The van der Waals surface area contributed by atoms with Crippen LogP contribution in [0.25, 0.3) is 0 Å². The van der Waals surface area contributed by atoms with Crippen molar-refractivity contribution in [3.63, 3.8) is 0 Å². The van der Waals surface area contributed by atoms with Crippen LogP contribution in [0.4, 0.5) is 4.39 Å². The Labute approximate surface area is 100.0 Å². The van der Waals surface area contributed by atoms with E-state index >= 15 is 0 Å². The fourth-order valence-corrected chi connectivity index (χ4v) is 1.38. The van der Waals surface area contributed by atoms with E-state index in [1.54, 1.807) is 19.1 Å². The van der Waals surface area contributed by atoms with Crippen LogP contribution in [0.5, 0.6) is 5.75 Å². The Hall–Kier alpha value is -1.62. The second kappa shape index (κ2) is 5.63. The molecule has 0 aliphatic carbocycles. The molecule has 1 atom stereocenters. The summed E-state index contributed by atoms with van der Waals surface area (Å²) in [4.78, 5) is 11.3. The lowest BCUT2D eigenvalue weighted by Gasteiger charge is -2.26.